The predicted octanol–water partition coefficient (Wildman–Crippen LogP) is 2.77. The minimum atomic E-state index is -3.80. The molecule has 0 unspecified atom stereocenters. The molecule has 0 amide bonds. The normalized spacial score (nSPS) is 14.1. The van der Waals surface area contributed by atoms with Crippen molar-refractivity contribution in [3.8, 4) is 17.6 Å². The van der Waals surface area contributed by atoms with Crippen LogP contribution in [0.2, 0.25) is 0 Å². The van der Waals surface area contributed by atoms with E-state index >= 15 is 0 Å². The van der Waals surface area contributed by atoms with Gasteiger partial charge in [-0.3, -0.25) is 0 Å². The van der Waals surface area contributed by atoms with Gasteiger partial charge >= 0.3 is 0 Å². The fourth-order valence-corrected chi connectivity index (χ4v) is 4.18. The maximum absolute atomic E-state index is 12.3. The molecule has 0 spiro atoms. The SMILES string of the molecule is N#C/C(=C\Nc1ccc2c(c1)OCCO2)S(=O)(=O)c1cccs1. The van der Waals surface area contributed by atoms with Crippen LogP contribution in [-0.2, 0) is 9.84 Å². The highest BCUT2D eigenvalue weighted by Gasteiger charge is 2.21. The first kappa shape index (κ1) is 15.4. The molecule has 2 aromatic rings. The van der Waals surface area contributed by atoms with Crippen LogP contribution in [0.15, 0.2) is 51.0 Å². The van der Waals surface area contributed by atoms with Crippen molar-refractivity contribution >= 4 is 26.9 Å². The van der Waals surface area contributed by atoms with Crippen LogP contribution in [0, 0.1) is 11.3 Å². The van der Waals surface area contributed by atoms with E-state index in [4.69, 9.17) is 14.7 Å². The first-order chi connectivity index (χ1) is 11.1. The van der Waals surface area contributed by atoms with E-state index in [0.29, 0.717) is 30.4 Å². The first-order valence-corrected chi connectivity index (χ1v) is 9.02. The van der Waals surface area contributed by atoms with E-state index < -0.39 is 9.84 Å². The summed E-state index contributed by atoms with van der Waals surface area (Å²) in [5.41, 5.74) is 0.600. The number of anilines is 1. The second-order valence-corrected chi connectivity index (χ2v) is 7.65. The Hall–Kier alpha value is -2.50. The summed E-state index contributed by atoms with van der Waals surface area (Å²) in [6.45, 7) is 0.958. The molecular formula is C15H12N2O4S2. The van der Waals surface area contributed by atoms with Gasteiger partial charge in [0, 0.05) is 18.0 Å². The maximum atomic E-state index is 12.3. The fourth-order valence-electron chi connectivity index (χ4n) is 1.98. The molecule has 0 fully saturated rings. The van der Waals surface area contributed by atoms with Crippen LogP contribution in [0.5, 0.6) is 11.5 Å². The van der Waals surface area contributed by atoms with Gasteiger partial charge in [0.2, 0.25) is 9.84 Å². The number of rotatable bonds is 4. The van der Waals surface area contributed by atoms with Gasteiger partial charge in [-0.05, 0) is 23.6 Å². The Bertz CT molecular complexity index is 881. The molecule has 8 heteroatoms. The molecule has 2 heterocycles. The molecule has 0 aliphatic carbocycles. The van der Waals surface area contributed by atoms with Crippen LogP contribution < -0.4 is 14.8 Å². The Balaban J connectivity index is 1.85. The molecule has 23 heavy (non-hydrogen) atoms. The fraction of sp³-hybridized carbons (Fsp3) is 0.133. The highest BCUT2D eigenvalue weighted by Crippen LogP contribution is 2.32. The van der Waals surface area contributed by atoms with E-state index in [-0.39, 0.29) is 9.11 Å². The Morgan fingerprint density at radius 2 is 2.04 bits per heavy atom. The van der Waals surface area contributed by atoms with Crippen molar-refractivity contribution in [2.24, 2.45) is 0 Å². The molecule has 1 aromatic carbocycles. The maximum Gasteiger partial charge on any atom is 0.227 e. The van der Waals surface area contributed by atoms with E-state index in [1.165, 1.54) is 12.3 Å². The molecule has 0 radical (unpaired) electrons. The van der Waals surface area contributed by atoms with Crippen molar-refractivity contribution in [1.82, 2.24) is 0 Å². The van der Waals surface area contributed by atoms with Crippen LogP contribution >= 0.6 is 11.3 Å². The highest BCUT2D eigenvalue weighted by molar-refractivity contribution is 7.97. The number of nitriles is 1. The van der Waals surface area contributed by atoms with Crippen molar-refractivity contribution in [2.75, 3.05) is 18.5 Å². The third kappa shape index (κ3) is 3.16. The van der Waals surface area contributed by atoms with Gasteiger partial charge in [-0.2, -0.15) is 5.26 Å². The van der Waals surface area contributed by atoms with E-state index in [1.807, 2.05) is 0 Å². The molecule has 0 saturated carbocycles. The van der Waals surface area contributed by atoms with E-state index in [9.17, 15) is 8.42 Å². The average Bonchev–Trinajstić information content (AvgIpc) is 3.10. The zero-order valence-corrected chi connectivity index (χ0v) is 13.5. The van der Waals surface area contributed by atoms with Gasteiger partial charge in [0.15, 0.2) is 16.4 Å². The van der Waals surface area contributed by atoms with Gasteiger partial charge in [-0.1, -0.05) is 6.07 Å². The number of hydrogen-bond acceptors (Lipinski definition) is 7. The second-order valence-electron chi connectivity index (χ2n) is 4.56. The number of benzene rings is 1. The van der Waals surface area contributed by atoms with Crippen LogP contribution in [0.25, 0.3) is 0 Å². The van der Waals surface area contributed by atoms with Crippen LogP contribution in [0.3, 0.4) is 0 Å². The smallest absolute Gasteiger partial charge is 0.227 e. The highest BCUT2D eigenvalue weighted by atomic mass is 32.2. The van der Waals surface area contributed by atoms with Crippen LogP contribution in [0.4, 0.5) is 5.69 Å². The predicted molar refractivity (Wildman–Crippen MR) is 86.3 cm³/mol. The second kappa shape index (κ2) is 6.32. The number of sulfone groups is 1. The molecule has 1 aromatic heterocycles. The number of nitrogens with zero attached hydrogens (tertiary/aromatic N) is 1. The molecule has 1 aliphatic rings. The number of thiophene rings is 1. The number of allylic oxidation sites excluding steroid dienone is 1. The lowest BCUT2D eigenvalue weighted by Crippen LogP contribution is -2.15. The van der Waals surface area contributed by atoms with Gasteiger partial charge < -0.3 is 14.8 Å². The largest absolute Gasteiger partial charge is 0.486 e. The molecular weight excluding hydrogens is 336 g/mol. The summed E-state index contributed by atoms with van der Waals surface area (Å²) in [5.74, 6) is 1.21. The standard InChI is InChI=1S/C15H12N2O4S2/c16-9-12(23(18,19)15-2-1-7-22-15)10-17-11-3-4-13-14(8-11)21-6-5-20-13/h1-4,7-8,10,17H,5-6H2/b12-10+. The van der Waals surface area contributed by atoms with Crippen molar-refractivity contribution in [1.29, 1.82) is 5.26 Å². The molecule has 1 aliphatic heterocycles. The Morgan fingerprint density at radius 1 is 1.26 bits per heavy atom. The van der Waals surface area contributed by atoms with E-state index in [2.05, 4.69) is 5.32 Å². The average molecular weight is 348 g/mol. The summed E-state index contributed by atoms with van der Waals surface area (Å²) in [6, 6.07) is 9.96. The summed E-state index contributed by atoms with van der Waals surface area (Å²) >= 11 is 1.07. The van der Waals surface area contributed by atoms with Crippen LogP contribution in [-0.4, -0.2) is 21.6 Å². The Labute approximate surface area is 137 Å². The first-order valence-electron chi connectivity index (χ1n) is 6.66. The molecule has 0 bridgehead atoms. The third-order valence-corrected chi connectivity index (χ3v) is 6.13. The summed E-state index contributed by atoms with van der Waals surface area (Å²) in [4.78, 5) is -0.352. The zero-order valence-electron chi connectivity index (χ0n) is 11.9. The quantitative estimate of drug-likeness (QED) is 0.855. The Kier molecular flexibility index (Phi) is 4.23. The van der Waals surface area contributed by atoms with Crippen molar-refractivity contribution in [2.45, 2.75) is 4.21 Å². The van der Waals surface area contributed by atoms with Crippen molar-refractivity contribution in [3.63, 3.8) is 0 Å². The monoisotopic (exact) mass is 348 g/mol. The summed E-state index contributed by atoms with van der Waals surface area (Å²) in [7, 11) is -3.80. The van der Waals surface area contributed by atoms with Crippen molar-refractivity contribution in [3.05, 3.63) is 46.8 Å². The summed E-state index contributed by atoms with van der Waals surface area (Å²) in [5, 5.41) is 13.6. The molecule has 0 saturated heterocycles. The van der Waals surface area contributed by atoms with Gasteiger partial charge in [-0.15, -0.1) is 11.3 Å². The number of ether oxygens (including phenoxy) is 2. The van der Waals surface area contributed by atoms with Gasteiger partial charge in [0.05, 0.1) is 0 Å². The van der Waals surface area contributed by atoms with E-state index in [0.717, 1.165) is 11.3 Å². The summed E-state index contributed by atoms with van der Waals surface area (Å²) < 4.78 is 35.6. The minimum absolute atomic E-state index is 0.134. The molecule has 0 atom stereocenters. The lowest BCUT2D eigenvalue weighted by molar-refractivity contribution is 0.171. The molecule has 118 valence electrons. The van der Waals surface area contributed by atoms with Crippen LogP contribution in [0.1, 0.15) is 0 Å². The van der Waals surface area contributed by atoms with Gasteiger partial charge in [0.1, 0.15) is 23.5 Å². The lowest BCUT2D eigenvalue weighted by atomic mass is 10.2. The summed E-state index contributed by atoms with van der Waals surface area (Å²) in [6.07, 6.45) is 1.18. The minimum Gasteiger partial charge on any atom is -0.486 e. The molecule has 1 N–H and O–H groups in total. The topological polar surface area (TPSA) is 88.4 Å². The van der Waals surface area contributed by atoms with Gasteiger partial charge in [-0.25, -0.2) is 8.42 Å². The van der Waals surface area contributed by atoms with Crippen molar-refractivity contribution < 1.29 is 17.9 Å². The number of hydrogen-bond donors (Lipinski definition) is 1. The third-order valence-electron chi connectivity index (χ3n) is 3.07. The lowest BCUT2D eigenvalue weighted by Gasteiger charge is -2.18. The number of fused-ring (bicyclic) bond motifs is 1. The Morgan fingerprint density at radius 3 is 2.74 bits per heavy atom. The zero-order chi connectivity index (χ0) is 16.3. The van der Waals surface area contributed by atoms with Gasteiger partial charge in [0.25, 0.3) is 0 Å². The molecule has 6 nitrogen and oxygen atoms in total. The molecule has 3 rings (SSSR count). The number of nitrogens with one attached hydrogen (secondary N) is 1. The van der Waals surface area contributed by atoms with E-state index in [1.54, 1.807) is 35.7 Å².